The van der Waals surface area contributed by atoms with Crippen LogP contribution in [0, 0.1) is 0 Å². The van der Waals surface area contributed by atoms with Gasteiger partial charge in [-0.05, 0) is 40.5 Å². The lowest BCUT2D eigenvalue weighted by molar-refractivity contribution is 0.626. The highest BCUT2D eigenvalue weighted by Crippen LogP contribution is 2.29. The van der Waals surface area contributed by atoms with Gasteiger partial charge in [0.1, 0.15) is 5.82 Å². The van der Waals surface area contributed by atoms with Gasteiger partial charge in [-0.25, -0.2) is 9.48 Å². The number of aromatic nitrogens is 8. The molecule has 0 spiro atoms. The maximum absolute atomic E-state index is 13.2. The molecular weight excluding hydrogens is 440 g/mol. The van der Waals surface area contributed by atoms with Crippen LogP contribution >= 0.6 is 0 Å². The number of rotatable bonds is 9. The second kappa shape index (κ2) is 10.3. The number of hydrogen-bond donors (Lipinski definition) is 1. The summed E-state index contributed by atoms with van der Waals surface area (Å²) in [5, 5.41) is 19.1. The highest BCUT2D eigenvalue weighted by Gasteiger charge is 2.15. The summed E-state index contributed by atoms with van der Waals surface area (Å²) in [4.78, 5) is 17.6. The minimum atomic E-state index is -0.117. The summed E-state index contributed by atoms with van der Waals surface area (Å²) in [6.45, 7) is 2.96. The van der Waals surface area contributed by atoms with Crippen LogP contribution in [0.15, 0.2) is 77.7 Å². The molecule has 0 bridgehead atoms. The van der Waals surface area contributed by atoms with Crippen molar-refractivity contribution in [2.24, 2.45) is 0 Å². The third kappa shape index (κ3) is 4.93. The van der Waals surface area contributed by atoms with E-state index < -0.39 is 0 Å². The van der Waals surface area contributed by atoms with E-state index in [9.17, 15) is 4.79 Å². The minimum Gasteiger partial charge on any atom is -0.274 e. The quantitative estimate of drug-likeness (QED) is 0.355. The SMILES string of the molecule is CCCCc1nn(Cc2ccccn2)c(=O)n1Cc1ccc(-c2ccccc2-c2nn[nH]n2)cc1. The zero-order valence-electron chi connectivity index (χ0n) is 19.5. The Hall–Kier alpha value is -4.40. The van der Waals surface area contributed by atoms with Crippen molar-refractivity contribution in [2.45, 2.75) is 39.3 Å². The zero-order chi connectivity index (χ0) is 24.0. The van der Waals surface area contributed by atoms with Gasteiger partial charge in [-0.2, -0.15) is 10.3 Å². The van der Waals surface area contributed by atoms with Crippen molar-refractivity contribution in [2.75, 3.05) is 0 Å². The van der Waals surface area contributed by atoms with Crippen LogP contribution in [0.3, 0.4) is 0 Å². The standard InChI is InChI=1S/C26H26N8O/c1-2-3-11-24-30-34(18-21-8-6-7-16-27-21)26(35)33(24)17-19-12-14-20(15-13-19)22-9-4-5-10-23(22)25-28-31-32-29-25/h4-10,12-16H,2-3,11,17-18H2,1H3,(H,28,29,31,32). The van der Waals surface area contributed by atoms with Gasteiger partial charge >= 0.3 is 5.69 Å². The Labute approximate surface area is 202 Å². The summed E-state index contributed by atoms with van der Waals surface area (Å²) in [6, 6.07) is 21.9. The van der Waals surface area contributed by atoms with Crippen molar-refractivity contribution in [1.29, 1.82) is 0 Å². The molecule has 1 N–H and O–H groups in total. The molecule has 0 radical (unpaired) electrons. The van der Waals surface area contributed by atoms with Crippen molar-refractivity contribution in [3.8, 4) is 22.5 Å². The van der Waals surface area contributed by atoms with Crippen molar-refractivity contribution in [1.82, 2.24) is 40.0 Å². The number of aromatic amines is 1. The summed E-state index contributed by atoms with van der Waals surface area (Å²) >= 11 is 0. The molecule has 5 rings (SSSR count). The van der Waals surface area contributed by atoms with Crippen LogP contribution < -0.4 is 5.69 Å². The van der Waals surface area contributed by atoms with Crippen molar-refractivity contribution >= 4 is 0 Å². The maximum Gasteiger partial charge on any atom is 0.346 e. The van der Waals surface area contributed by atoms with Crippen LogP contribution in [0.25, 0.3) is 22.5 Å². The van der Waals surface area contributed by atoms with Gasteiger partial charge in [-0.3, -0.25) is 9.55 Å². The zero-order valence-corrected chi connectivity index (χ0v) is 19.5. The van der Waals surface area contributed by atoms with Crippen LogP contribution in [-0.2, 0) is 19.5 Å². The number of unbranched alkanes of at least 4 members (excludes halogenated alkanes) is 1. The molecule has 3 heterocycles. The van der Waals surface area contributed by atoms with E-state index in [1.807, 2.05) is 42.5 Å². The Kier molecular flexibility index (Phi) is 6.56. The summed E-state index contributed by atoms with van der Waals surface area (Å²) < 4.78 is 3.30. The van der Waals surface area contributed by atoms with E-state index in [4.69, 9.17) is 0 Å². The number of benzene rings is 2. The lowest BCUT2D eigenvalue weighted by Crippen LogP contribution is -2.26. The Bertz CT molecular complexity index is 1440. The molecule has 0 aliphatic heterocycles. The fourth-order valence-corrected chi connectivity index (χ4v) is 4.09. The first-order chi connectivity index (χ1) is 17.2. The smallest absolute Gasteiger partial charge is 0.274 e. The topological polar surface area (TPSA) is 107 Å². The van der Waals surface area contributed by atoms with Gasteiger partial charge in [0.2, 0.25) is 5.82 Å². The predicted molar refractivity (Wildman–Crippen MR) is 133 cm³/mol. The van der Waals surface area contributed by atoms with Crippen molar-refractivity contribution in [3.05, 3.63) is 100 Å². The number of hydrogen-bond acceptors (Lipinski definition) is 6. The number of tetrazole rings is 1. The third-order valence-corrected chi connectivity index (χ3v) is 5.91. The molecule has 0 fully saturated rings. The lowest BCUT2D eigenvalue weighted by atomic mass is 9.98. The highest BCUT2D eigenvalue weighted by molar-refractivity contribution is 5.80. The molecule has 0 saturated heterocycles. The number of pyridine rings is 1. The van der Waals surface area contributed by atoms with E-state index in [2.05, 4.69) is 61.9 Å². The van der Waals surface area contributed by atoms with E-state index in [-0.39, 0.29) is 5.69 Å². The number of nitrogens with zero attached hydrogens (tertiary/aromatic N) is 7. The highest BCUT2D eigenvalue weighted by atomic mass is 16.2. The normalized spacial score (nSPS) is 11.1. The van der Waals surface area contributed by atoms with E-state index in [0.717, 1.165) is 53.0 Å². The van der Waals surface area contributed by atoms with Crippen molar-refractivity contribution in [3.63, 3.8) is 0 Å². The molecule has 0 aliphatic rings. The van der Waals surface area contributed by atoms with Crippen LogP contribution in [0.1, 0.15) is 36.8 Å². The third-order valence-electron chi connectivity index (χ3n) is 5.91. The number of aryl methyl sites for hydroxylation is 1. The van der Waals surface area contributed by atoms with Gasteiger partial charge in [-0.1, -0.05) is 67.9 Å². The first-order valence-electron chi connectivity index (χ1n) is 11.7. The van der Waals surface area contributed by atoms with Gasteiger partial charge in [0.05, 0.1) is 18.8 Å². The second-order valence-corrected chi connectivity index (χ2v) is 8.35. The Morgan fingerprint density at radius 3 is 2.43 bits per heavy atom. The molecule has 9 heteroatoms. The summed E-state index contributed by atoms with van der Waals surface area (Å²) in [5.41, 5.74) is 4.69. The lowest BCUT2D eigenvalue weighted by Gasteiger charge is -2.09. The molecule has 35 heavy (non-hydrogen) atoms. The first kappa shape index (κ1) is 22.4. The molecule has 0 unspecified atom stereocenters. The van der Waals surface area contributed by atoms with Gasteiger partial charge in [0.15, 0.2) is 0 Å². The summed E-state index contributed by atoms with van der Waals surface area (Å²) in [7, 11) is 0. The molecule has 0 aliphatic carbocycles. The average Bonchev–Trinajstić information content (AvgIpc) is 3.54. The van der Waals surface area contributed by atoms with E-state index >= 15 is 0 Å². The molecule has 0 amide bonds. The molecule has 3 aromatic heterocycles. The van der Waals surface area contributed by atoms with Gasteiger partial charge in [-0.15, -0.1) is 10.2 Å². The monoisotopic (exact) mass is 466 g/mol. The van der Waals surface area contributed by atoms with Crippen LogP contribution in [-0.4, -0.2) is 40.0 Å². The second-order valence-electron chi connectivity index (χ2n) is 8.35. The van der Waals surface area contributed by atoms with Gasteiger partial charge in [0.25, 0.3) is 0 Å². The molecule has 2 aromatic carbocycles. The van der Waals surface area contributed by atoms with E-state index in [1.54, 1.807) is 10.8 Å². The Morgan fingerprint density at radius 2 is 1.71 bits per heavy atom. The van der Waals surface area contributed by atoms with Crippen molar-refractivity contribution < 1.29 is 0 Å². The van der Waals surface area contributed by atoms with Crippen LogP contribution in [0.5, 0.6) is 0 Å². The predicted octanol–water partition coefficient (Wildman–Crippen LogP) is 3.73. The average molecular weight is 467 g/mol. The number of nitrogens with one attached hydrogen (secondary N) is 1. The largest absolute Gasteiger partial charge is 0.346 e. The van der Waals surface area contributed by atoms with Crippen LogP contribution in [0.4, 0.5) is 0 Å². The first-order valence-corrected chi connectivity index (χ1v) is 11.7. The molecular formula is C26H26N8O. The summed E-state index contributed by atoms with van der Waals surface area (Å²) in [6.07, 6.45) is 4.51. The fraction of sp³-hybridized carbons (Fsp3) is 0.231. The fourth-order valence-electron chi connectivity index (χ4n) is 4.09. The Morgan fingerprint density at radius 1 is 0.914 bits per heavy atom. The maximum atomic E-state index is 13.2. The molecule has 5 aromatic rings. The molecule has 9 nitrogen and oxygen atoms in total. The van der Waals surface area contributed by atoms with Gasteiger partial charge < -0.3 is 0 Å². The molecule has 0 atom stereocenters. The Balaban J connectivity index is 1.42. The molecule has 176 valence electrons. The van der Waals surface area contributed by atoms with E-state index in [0.29, 0.717) is 18.9 Å². The molecule has 0 saturated carbocycles. The van der Waals surface area contributed by atoms with Crippen LogP contribution in [0.2, 0.25) is 0 Å². The van der Waals surface area contributed by atoms with Gasteiger partial charge in [0, 0.05) is 18.2 Å². The number of H-pyrrole nitrogens is 1. The van der Waals surface area contributed by atoms with E-state index in [1.165, 1.54) is 4.68 Å². The minimum absolute atomic E-state index is 0.117. The summed E-state index contributed by atoms with van der Waals surface area (Å²) in [5.74, 6) is 1.36.